The van der Waals surface area contributed by atoms with Gasteiger partial charge < -0.3 is 0 Å². The molecule has 8 nitrogen and oxygen atoms in total. The average Bonchev–Trinajstić information content (AvgIpc) is 3.11. The van der Waals surface area contributed by atoms with Crippen molar-refractivity contribution in [1.82, 2.24) is 0 Å². The predicted molar refractivity (Wildman–Crippen MR) is 135 cm³/mol. The molecule has 10 heteroatoms. The van der Waals surface area contributed by atoms with Crippen LogP contribution < -0.4 is 0 Å². The molecule has 2 aromatic carbocycles. The number of ketones is 2. The van der Waals surface area contributed by atoms with Gasteiger partial charge in [0.2, 0.25) is 0 Å². The van der Waals surface area contributed by atoms with E-state index >= 15 is 0 Å². The number of benzene rings is 2. The summed E-state index contributed by atoms with van der Waals surface area (Å²) < 4.78 is 0.675. The molecule has 1 fully saturated rings. The van der Waals surface area contributed by atoms with E-state index in [2.05, 4.69) is 0 Å². The molecule has 0 amide bonds. The molecule has 34 heavy (non-hydrogen) atoms. The number of non-ortho nitro benzene ring substituents is 2. The van der Waals surface area contributed by atoms with Crippen molar-refractivity contribution >= 4 is 58.6 Å². The Morgan fingerprint density at radius 1 is 0.706 bits per heavy atom. The zero-order valence-electron chi connectivity index (χ0n) is 17.9. The molecule has 174 valence electrons. The Bertz CT molecular complexity index is 1090. The first-order valence-electron chi connectivity index (χ1n) is 10.3. The van der Waals surface area contributed by atoms with Gasteiger partial charge in [0.1, 0.15) is 0 Å². The summed E-state index contributed by atoms with van der Waals surface area (Å²) in [6.07, 6.45) is 7.63. The first kappa shape index (κ1) is 25.1. The van der Waals surface area contributed by atoms with E-state index in [0.29, 0.717) is 15.4 Å². The molecule has 1 aliphatic rings. The molecule has 0 aliphatic carbocycles. The summed E-state index contributed by atoms with van der Waals surface area (Å²) in [6, 6.07) is 11.5. The Kier molecular flexibility index (Phi) is 8.94. The number of nitrogens with zero attached hydrogens (tertiary/aromatic N) is 2. The Balaban J connectivity index is 1.84. The Morgan fingerprint density at radius 3 is 1.44 bits per heavy atom. The van der Waals surface area contributed by atoms with Gasteiger partial charge in [0, 0.05) is 24.3 Å². The quantitative estimate of drug-likeness (QED) is 0.147. The van der Waals surface area contributed by atoms with Crippen molar-refractivity contribution in [2.24, 2.45) is 0 Å². The highest BCUT2D eigenvalue weighted by Gasteiger charge is 2.22. The zero-order chi connectivity index (χ0) is 24.5. The second kappa shape index (κ2) is 12.1. The lowest BCUT2D eigenvalue weighted by Gasteiger charge is -2.08. The lowest BCUT2D eigenvalue weighted by atomic mass is 10.1. The summed E-state index contributed by atoms with van der Waals surface area (Å²) in [5.41, 5.74) is 1.16. The third kappa shape index (κ3) is 7.00. The Labute approximate surface area is 204 Å². The molecular weight excluding hydrogens is 476 g/mol. The van der Waals surface area contributed by atoms with E-state index in [9.17, 15) is 29.8 Å². The fourth-order valence-electron chi connectivity index (χ4n) is 2.97. The third-order valence-electron chi connectivity index (χ3n) is 4.76. The van der Waals surface area contributed by atoms with E-state index in [1.807, 2.05) is 0 Å². The van der Waals surface area contributed by atoms with Gasteiger partial charge in [-0.05, 0) is 71.9 Å². The van der Waals surface area contributed by atoms with E-state index in [1.54, 1.807) is 0 Å². The van der Waals surface area contributed by atoms with Crippen LogP contribution in [0.3, 0.4) is 0 Å². The molecule has 0 bridgehead atoms. The van der Waals surface area contributed by atoms with E-state index in [0.717, 1.165) is 24.3 Å². The number of thioether (sulfide) groups is 2. The van der Waals surface area contributed by atoms with Crippen molar-refractivity contribution < 1.29 is 19.4 Å². The third-order valence-corrected chi connectivity index (χ3v) is 7.39. The molecule has 0 N–H and O–H groups in total. The highest BCUT2D eigenvalue weighted by molar-refractivity contribution is 8.22. The van der Waals surface area contributed by atoms with Crippen LogP contribution in [-0.4, -0.2) is 32.9 Å². The molecule has 0 radical (unpaired) electrons. The van der Waals surface area contributed by atoms with E-state index in [1.165, 1.54) is 96.4 Å². The monoisotopic (exact) mass is 496 g/mol. The van der Waals surface area contributed by atoms with E-state index in [4.69, 9.17) is 0 Å². The van der Waals surface area contributed by atoms with E-state index < -0.39 is 21.4 Å². The van der Waals surface area contributed by atoms with Crippen LogP contribution in [0.15, 0.2) is 70.5 Å². The number of hydrogen-bond acceptors (Lipinski definition) is 8. The molecular formula is C24H20N2O6S2. The predicted octanol–water partition coefficient (Wildman–Crippen LogP) is 5.84. The minimum Gasteiger partial charge on any atom is -0.289 e. The number of nitro benzene ring substituents is 2. The van der Waals surface area contributed by atoms with Crippen molar-refractivity contribution in [3.8, 4) is 0 Å². The van der Waals surface area contributed by atoms with Gasteiger partial charge in [-0.15, -0.1) is 23.5 Å². The largest absolute Gasteiger partial charge is 0.289 e. The highest BCUT2D eigenvalue weighted by Crippen LogP contribution is 2.37. The molecule has 3 rings (SSSR count). The molecule has 1 heterocycles. The van der Waals surface area contributed by atoms with Crippen LogP contribution in [0.4, 0.5) is 11.4 Å². The standard InChI is InChI=1S/C24H20N2O6S2/c27-21(13-7-17-3-9-19(10-4-17)25(29)30)23(24-33-15-1-2-16-34-24)22(28)14-8-18-5-11-20(12-6-18)26(31)32/h3-14H,1-2,15-16H2. The molecule has 2 aromatic rings. The van der Waals surface area contributed by atoms with Gasteiger partial charge >= 0.3 is 0 Å². The maximum atomic E-state index is 13.1. The van der Waals surface area contributed by atoms with Crippen LogP contribution in [-0.2, 0) is 9.59 Å². The van der Waals surface area contributed by atoms with Crippen LogP contribution in [0, 0.1) is 20.2 Å². The van der Waals surface area contributed by atoms with Gasteiger partial charge in [0.25, 0.3) is 11.4 Å². The number of carbonyl (C=O) groups is 2. The first-order chi connectivity index (χ1) is 16.3. The van der Waals surface area contributed by atoms with Crippen LogP contribution in [0.2, 0.25) is 0 Å². The lowest BCUT2D eigenvalue weighted by molar-refractivity contribution is -0.385. The molecule has 1 saturated heterocycles. The van der Waals surface area contributed by atoms with Gasteiger partial charge in [-0.1, -0.05) is 12.2 Å². The van der Waals surface area contributed by atoms with Crippen LogP contribution in [0.5, 0.6) is 0 Å². The van der Waals surface area contributed by atoms with Gasteiger partial charge in [0.05, 0.1) is 19.7 Å². The zero-order valence-corrected chi connectivity index (χ0v) is 19.6. The van der Waals surface area contributed by atoms with Crippen molar-refractivity contribution in [1.29, 1.82) is 0 Å². The summed E-state index contributed by atoms with van der Waals surface area (Å²) >= 11 is 2.97. The topological polar surface area (TPSA) is 120 Å². The first-order valence-corrected chi connectivity index (χ1v) is 12.3. The van der Waals surface area contributed by atoms with Crippen LogP contribution in [0.25, 0.3) is 12.2 Å². The maximum absolute atomic E-state index is 13.1. The summed E-state index contributed by atoms with van der Waals surface area (Å²) in [4.78, 5) is 46.7. The van der Waals surface area contributed by atoms with Gasteiger partial charge in [-0.3, -0.25) is 29.8 Å². The second-order valence-corrected chi connectivity index (χ2v) is 9.63. The normalized spacial score (nSPS) is 14.2. The molecule has 0 aromatic heterocycles. The molecule has 0 spiro atoms. The summed E-state index contributed by atoms with van der Waals surface area (Å²) in [6.45, 7) is 0. The maximum Gasteiger partial charge on any atom is 0.269 e. The van der Waals surface area contributed by atoms with Crippen LogP contribution >= 0.6 is 23.5 Å². The molecule has 0 atom stereocenters. The number of carbonyl (C=O) groups excluding carboxylic acids is 2. The molecule has 0 saturated carbocycles. The summed E-state index contributed by atoms with van der Waals surface area (Å²) in [5, 5.41) is 21.6. The van der Waals surface area contributed by atoms with Gasteiger partial charge in [-0.25, -0.2) is 0 Å². The van der Waals surface area contributed by atoms with Crippen molar-refractivity contribution in [3.63, 3.8) is 0 Å². The number of nitro groups is 2. The SMILES string of the molecule is O=C(C=Cc1ccc([N+](=O)[O-])cc1)C(C(=O)C=Cc1ccc([N+](=O)[O-])cc1)=C1SCCCCS1. The van der Waals surface area contributed by atoms with Crippen molar-refractivity contribution in [2.75, 3.05) is 11.5 Å². The van der Waals surface area contributed by atoms with Gasteiger partial charge in [-0.2, -0.15) is 0 Å². The number of allylic oxidation sites excluding steroid dienone is 3. The minimum atomic E-state index is -0.502. The number of rotatable bonds is 8. The fraction of sp³-hybridized carbons (Fsp3) is 0.167. The van der Waals surface area contributed by atoms with Crippen molar-refractivity contribution in [3.05, 3.63) is 102 Å². The van der Waals surface area contributed by atoms with E-state index in [-0.39, 0.29) is 16.9 Å². The number of hydrogen-bond donors (Lipinski definition) is 0. The van der Waals surface area contributed by atoms with Crippen molar-refractivity contribution in [2.45, 2.75) is 12.8 Å². The fourth-order valence-corrected chi connectivity index (χ4v) is 5.56. The van der Waals surface area contributed by atoms with Crippen LogP contribution in [0.1, 0.15) is 24.0 Å². The highest BCUT2D eigenvalue weighted by atomic mass is 32.2. The smallest absolute Gasteiger partial charge is 0.269 e. The minimum absolute atomic E-state index is 0.0518. The molecule has 0 unspecified atom stereocenters. The Hall–Kier alpha value is -3.50. The Morgan fingerprint density at radius 2 is 1.09 bits per heavy atom. The average molecular weight is 497 g/mol. The lowest BCUT2D eigenvalue weighted by Crippen LogP contribution is -2.10. The summed E-state index contributed by atoms with van der Waals surface area (Å²) in [5.74, 6) is 0.719. The summed E-state index contributed by atoms with van der Waals surface area (Å²) in [7, 11) is 0. The second-order valence-electron chi connectivity index (χ2n) is 7.16. The molecule has 1 aliphatic heterocycles. The van der Waals surface area contributed by atoms with Gasteiger partial charge in [0.15, 0.2) is 11.6 Å².